The second kappa shape index (κ2) is 8.17. The van der Waals surface area contributed by atoms with Crippen molar-refractivity contribution in [1.29, 1.82) is 0 Å². The Balaban J connectivity index is 2.88. The summed E-state index contributed by atoms with van der Waals surface area (Å²) < 4.78 is 0. The van der Waals surface area contributed by atoms with Gasteiger partial charge in [-0.15, -0.1) is 0 Å². The van der Waals surface area contributed by atoms with Crippen LogP contribution in [0.25, 0.3) is 0 Å². The van der Waals surface area contributed by atoms with Crippen molar-refractivity contribution in [3.8, 4) is 0 Å². The van der Waals surface area contributed by atoms with E-state index in [9.17, 15) is 0 Å². The Morgan fingerprint density at radius 3 is 1.35 bits per heavy atom. The zero-order valence-electron chi connectivity index (χ0n) is 23.5. The second-order valence-corrected chi connectivity index (χ2v) is 12.6. The molecule has 178 valence electrons. The van der Waals surface area contributed by atoms with Crippen LogP contribution in [0.5, 0.6) is 0 Å². The Kier molecular flexibility index (Phi) is 6.96. The molecule has 2 atom stereocenters. The van der Waals surface area contributed by atoms with Gasteiger partial charge in [-0.2, -0.15) is 0 Å². The quantitative estimate of drug-likeness (QED) is 0.544. The van der Waals surface area contributed by atoms with Gasteiger partial charge in [-0.1, -0.05) is 41.5 Å². The van der Waals surface area contributed by atoms with Gasteiger partial charge in [0.2, 0.25) is 0 Å². The van der Waals surface area contributed by atoms with E-state index in [-0.39, 0.29) is 21.9 Å². The molecule has 0 aliphatic carbocycles. The number of hydrogen-bond acceptors (Lipinski definition) is 2. The van der Waals surface area contributed by atoms with Crippen LogP contribution in [0.4, 0.5) is 0 Å². The Morgan fingerprint density at radius 1 is 0.677 bits per heavy atom. The van der Waals surface area contributed by atoms with Gasteiger partial charge in [0, 0.05) is 34.5 Å². The minimum absolute atomic E-state index is 0.00187. The standard InChI is InChI=1S/C29H52N2/c1-16-30-23(7)18(2)17-31-28(12,13)26(8,9)24-21(5)19(3)20(4)22(6)25(24)27(10,11)29(31,14)15/h18,23,30H,16-17H2,1-15H3. The Hall–Kier alpha value is -0.860. The summed E-state index contributed by atoms with van der Waals surface area (Å²) in [5.74, 6) is 0.567. The number of hydrogen-bond donors (Lipinski definition) is 1. The van der Waals surface area contributed by atoms with Crippen molar-refractivity contribution in [2.75, 3.05) is 13.1 Å². The van der Waals surface area contributed by atoms with Crippen LogP contribution in [0.3, 0.4) is 0 Å². The lowest BCUT2D eigenvalue weighted by Gasteiger charge is -2.58. The highest BCUT2D eigenvalue weighted by Gasteiger charge is 2.58. The molecule has 1 aromatic carbocycles. The summed E-state index contributed by atoms with van der Waals surface area (Å²) in [6.07, 6.45) is 0. The average Bonchev–Trinajstić information content (AvgIpc) is 2.67. The zero-order chi connectivity index (χ0) is 24.3. The summed E-state index contributed by atoms with van der Waals surface area (Å²) >= 11 is 0. The van der Waals surface area contributed by atoms with Crippen molar-refractivity contribution < 1.29 is 0 Å². The predicted octanol–water partition coefficient (Wildman–Crippen LogP) is 6.98. The molecule has 0 fully saturated rings. The summed E-state index contributed by atoms with van der Waals surface area (Å²) in [5, 5.41) is 3.67. The van der Waals surface area contributed by atoms with Crippen LogP contribution in [-0.2, 0) is 10.8 Å². The van der Waals surface area contributed by atoms with Crippen LogP contribution >= 0.6 is 0 Å². The molecule has 0 spiro atoms. The SMILES string of the molecule is CCNC(C)C(C)CN1C(C)(C)C(C)(C)c2c(C)c(C)c(C)c(C)c2C(C)(C)C1(C)C. The molecule has 2 rings (SSSR count). The van der Waals surface area contributed by atoms with Gasteiger partial charge in [0.25, 0.3) is 0 Å². The van der Waals surface area contributed by atoms with E-state index in [1.165, 1.54) is 22.3 Å². The normalized spacial score (nSPS) is 23.7. The third kappa shape index (κ3) is 3.70. The van der Waals surface area contributed by atoms with Gasteiger partial charge in [0.05, 0.1) is 0 Å². The molecule has 2 nitrogen and oxygen atoms in total. The fraction of sp³-hybridized carbons (Fsp3) is 0.793. The third-order valence-corrected chi connectivity index (χ3v) is 10.2. The van der Waals surface area contributed by atoms with E-state index in [0.717, 1.165) is 13.1 Å². The molecule has 1 aliphatic rings. The molecule has 31 heavy (non-hydrogen) atoms. The highest BCUT2D eigenvalue weighted by molar-refractivity contribution is 5.58. The molecular weight excluding hydrogens is 376 g/mol. The molecule has 0 saturated heterocycles. The van der Waals surface area contributed by atoms with Gasteiger partial charge in [0.15, 0.2) is 0 Å². The summed E-state index contributed by atoms with van der Waals surface area (Å²) in [4.78, 5) is 2.86. The van der Waals surface area contributed by atoms with Crippen molar-refractivity contribution in [3.05, 3.63) is 33.4 Å². The van der Waals surface area contributed by atoms with Crippen molar-refractivity contribution in [2.24, 2.45) is 5.92 Å². The van der Waals surface area contributed by atoms with E-state index in [1.807, 2.05) is 0 Å². The Labute approximate surface area is 194 Å². The van der Waals surface area contributed by atoms with Gasteiger partial charge < -0.3 is 5.32 Å². The van der Waals surface area contributed by atoms with Crippen LogP contribution in [0.2, 0.25) is 0 Å². The topological polar surface area (TPSA) is 15.3 Å². The van der Waals surface area contributed by atoms with Gasteiger partial charge >= 0.3 is 0 Å². The molecule has 1 aliphatic heterocycles. The maximum absolute atomic E-state index is 3.67. The molecule has 0 saturated carbocycles. The molecule has 2 unspecified atom stereocenters. The first kappa shape index (κ1) is 26.4. The molecule has 2 heteroatoms. The van der Waals surface area contributed by atoms with Crippen LogP contribution < -0.4 is 5.32 Å². The molecular formula is C29H52N2. The van der Waals surface area contributed by atoms with E-state index < -0.39 is 0 Å². The Bertz CT molecular complexity index is 767. The Morgan fingerprint density at radius 2 is 1.03 bits per heavy atom. The number of nitrogens with zero attached hydrogens (tertiary/aromatic N) is 1. The molecule has 0 radical (unpaired) electrons. The van der Waals surface area contributed by atoms with Gasteiger partial charge in [-0.25, -0.2) is 0 Å². The van der Waals surface area contributed by atoms with Crippen LogP contribution in [0.1, 0.15) is 110 Å². The highest BCUT2D eigenvalue weighted by atomic mass is 15.3. The summed E-state index contributed by atoms with van der Waals surface area (Å²) in [7, 11) is 0. The largest absolute Gasteiger partial charge is 0.314 e. The van der Waals surface area contributed by atoms with Crippen LogP contribution in [-0.4, -0.2) is 35.1 Å². The van der Waals surface area contributed by atoms with E-state index in [1.54, 1.807) is 11.1 Å². The van der Waals surface area contributed by atoms with Crippen molar-refractivity contribution >= 4 is 0 Å². The van der Waals surface area contributed by atoms with Gasteiger partial charge in [-0.05, 0) is 108 Å². The zero-order valence-corrected chi connectivity index (χ0v) is 23.5. The average molecular weight is 429 g/mol. The first-order valence-corrected chi connectivity index (χ1v) is 12.5. The van der Waals surface area contributed by atoms with Crippen molar-refractivity contribution in [1.82, 2.24) is 10.2 Å². The number of benzene rings is 1. The summed E-state index contributed by atoms with van der Waals surface area (Å²) in [6.45, 7) is 38.4. The molecule has 0 aromatic heterocycles. The fourth-order valence-electron chi connectivity index (χ4n) is 6.29. The van der Waals surface area contributed by atoms with Crippen molar-refractivity contribution in [3.63, 3.8) is 0 Å². The first-order valence-electron chi connectivity index (χ1n) is 12.5. The monoisotopic (exact) mass is 428 g/mol. The highest BCUT2D eigenvalue weighted by Crippen LogP contribution is 2.56. The first-order chi connectivity index (χ1) is 13.9. The summed E-state index contributed by atoms with van der Waals surface area (Å²) in [6, 6.07) is 0.501. The smallest absolute Gasteiger partial charge is 0.0250 e. The van der Waals surface area contributed by atoms with Crippen molar-refractivity contribution in [2.45, 2.75) is 132 Å². The predicted molar refractivity (Wildman–Crippen MR) is 139 cm³/mol. The van der Waals surface area contributed by atoms with E-state index >= 15 is 0 Å². The lowest BCUT2D eigenvalue weighted by Crippen LogP contribution is -2.67. The molecule has 1 aromatic rings. The summed E-state index contributed by atoms with van der Waals surface area (Å²) in [5.41, 5.74) is 9.14. The van der Waals surface area contributed by atoms with Gasteiger partial charge in [0.1, 0.15) is 0 Å². The number of fused-ring (bicyclic) bond motifs is 1. The van der Waals surface area contributed by atoms with Crippen LogP contribution in [0, 0.1) is 33.6 Å². The maximum Gasteiger partial charge on any atom is 0.0250 e. The number of nitrogens with one attached hydrogen (secondary N) is 1. The minimum atomic E-state index is -0.00187. The van der Waals surface area contributed by atoms with Gasteiger partial charge in [-0.3, -0.25) is 4.90 Å². The van der Waals surface area contributed by atoms with E-state index in [2.05, 4.69) is 114 Å². The maximum atomic E-state index is 3.67. The van der Waals surface area contributed by atoms with Crippen LogP contribution in [0.15, 0.2) is 0 Å². The van der Waals surface area contributed by atoms with E-state index in [0.29, 0.717) is 12.0 Å². The fourth-order valence-corrected chi connectivity index (χ4v) is 6.29. The molecule has 0 amide bonds. The van der Waals surface area contributed by atoms with E-state index in [4.69, 9.17) is 0 Å². The lowest BCUT2D eigenvalue weighted by molar-refractivity contribution is -0.0580. The molecule has 1 N–H and O–H groups in total. The minimum Gasteiger partial charge on any atom is -0.314 e. The second-order valence-electron chi connectivity index (χ2n) is 12.6. The molecule has 0 bridgehead atoms. The molecule has 1 heterocycles. The lowest BCUT2D eigenvalue weighted by atomic mass is 9.62. The third-order valence-electron chi connectivity index (χ3n) is 10.2. The number of rotatable bonds is 5.